The van der Waals surface area contributed by atoms with Gasteiger partial charge in [-0.1, -0.05) is 26.7 Å². The van der Waals surface area contributed by atoms with Crippen LogP contribution in [0.15, 0.2) is 0 Å². The van der Waals surface area contributed by atoms with E-state index in [0.29, 0.717) is 0 Å². The van der Waals surface area contributed by atoms with Crippen LogP contribution in [0.1, 0.15) is 39.5 Å². The van der Waals surface area contributed by atoms with Crippen molar-refractivity contribution in [2.24, 2.45) is 5.92 Å². The van der Waals surface area contributed by atoms with Crippen LogP contribution in [0.3, 0.4) is 0 Å². The number of rotatable bonds is 5. The highest BCUT2D eigenvalue weighted by Gasteiger charge is 2.28. The predicted octanol–water partition coefficient (Wildman–Crippen LogP) is 0.405. The number of amides is 2. The van der Waals surface area contributed by atoms with Gasteiger partial charge in [0.15, 0.2) is 0 Å². The van der Waals surface area contributed by atoms with Gasteiger partial charge in [-0.2, -0.15) is 0 Å². The van der Waals surface area contributed by atoms with Crippen LogP contribution in [0.2, 0.25) is 0 Å². The third-order valence-corrected chi connectivity index (χ3v) is 3.67. The molecule has 0 unspecified atom stereocenters. The molecule has 5 heteroatoms. The molecule has 3 N–H and O–H groups in total. The van der Waals surface area contributed by atoms with Crippen molar-refractivity contribution in [1.29, 1.82) is 0 Å². The molecule has 3 atom stereocenters. The summed E-state index contributed by atoms with van der Waals surface area (Å²) < 4.78 is 0. The first kappa shape index (κ1) is 15.0. The summed E-state index contributed by atoms with van der Waals surface area (Å²) >= 11 is 0. The minimum Gasteiger partial charge on any atom is -0.357 e. The standard InChI is InChI=1S/C13H25N3O2/c1-4-9(2)11(13(18)14-3)16-12(17)10-7-5-6-8-15-10/h9-11,15H,4-8H2,1-3H3,(H,14,18)(H,16,17)/t9-,10+,11-/m0/s1. The maximum absolute atomic E-state index is 12.1. The van der Waals surface area contributed by atoms with Gasteiger partial charge in [0.1, 0.15) is 6.04 Å². The Morgan fingerprint density at radius 3 is 2.61 bits per heavy atom. The Bertz CT molecular complexity index is 288. The molecule has 18 heavy (non-hydrogen) atoms. The van der Waals surface area contributed by atoms with Crippen LogP contribution in [0, 0.1) is 5.92 Å². The highest BCUT2D eigenvalue weighted by Crippen LogP contribution is 2.11. The van der Waals surface area contributed by atoms with Crippen LogP contribution in [0.4, 0.5) is 0 Å². The van der Waals surface area contributed by atoms with Gasteiger partial charge >= 0.3 is 0 Å². The fourth-order valence-corrected chi connectivity index (χ4v) is 2.19. The third kappa shape index (κ3) is 3.98. The quantitative estimate of drug-likeness (QED) is 0.666. The first-order valence-electron chi connectivity index (χ1n) is 6.85. The lowest BCUT2D eigenvalue weighted by atomic mass is 9.97. The van der Waals surface area contributed by atoms with Gasteiger partial charge in [-0.15, -0.1) is 0 Å². The van der Waals surface area contributed by atoms with Gasteiger partial charge in [-0.05, 0) is 25.3 Å². The summed E-state index contributed by atoms with van der Waals surface area (Å²) in [5, 5.41) is 8.68. The van der Waals surface area contributed by atoms with E-state index in [0.717, 1.165) is 32.2 Å². The van der Waals surface area contributed by atoms with Crippen LogP contribution in [0.5, 0.6) is 0 Å². The second kappa shape index (κ2) is 7.36. The lowest BCUT2D eigenvalue weighted by molar-refractivity contribution is -0.131. The minimum atomic E-state index is -0.434. The molecule has 1 saturated heterocycles. The predicted molar refractivity (Wildman–Crippen MR) is 71.1 cm³/mol. The topological polar surface area (TPSA) is 70.2 Å². The molecule has 1 fully saturated rings. The molecule has 1 rings (SSSR count). The second-order valence-electron chi connectivity index (χ2n) is 4.99. The highest BCUT2D eigenvalue weighted by molar-refractivity contribution is 5.89. The van der Waals surface area contributed by atoms with Crippen LogP contribution in [-0.4, -0.2) is 37.5 Å². The molecule has 0 bridgehead atoms. The zero-order valence-corrected chi connectivity index (χ0v) is 11.6. The molecule has 1 aliphatic rings. The number of likely N-dealkylation sites (N-methyl/N-ethyl adjacent to an activating group) is 1. The largest absolute Gasteiger partial charge is 0.357 e. The fourth-order valence-electron chi connectivity index (χ4n) is 2.19. The molecule has 0 radical (unpaired) electrons. The van der Waals surface area contributed by atoms with Gasteiger partial charge in [-0.3, -0.25) is 9.59 Å². The van der Waals surface area contributed by atoms with Gasteiger partial charge < -0.3 is 16.0 Å². The van der Waals surface area contributed by atoms with E-state index in [1.54, 1.807) is 7.05 Å². The average Bonchev–Trinajstić information content (AvgIpc) is 2.43. The first-order valence-corrected chi connectivity index (χ1v) is 6.85. The summed E-state index contributed by atoms with van der Waals surface area (Å²) in [6, 6.07) is -0.578. The summed E-state index contributed by atoms with van der Waals surface area (Å²) in [5.74, 6) is -0.0328. The Hall–Kier alpha value is -1.10. The van der Waals surface area contributed by atoms with Crippen molar-refractivity contribution in [1.82, 2.24) is 16.0 Å². The summed E-state index contributed by atoms with van der Waals surface area (Å²) in [7, 11) is 1.60. The first-order chi connectivity index (χ1) is 8.60. The number of nitrogens with one attached hydrogen (secondary N) is 3. The number of carbonyl (C=O) groups is 2. The Morgan fingerprint density at radius 2 is 2.11 bits per heavy atom. The molecule has 2 amide bonds. The maximum Gasteiger partial charge on any atom is 0.242 e. The molecule has 0 aromatic rings. The van der Waals surface area contributed by atoms with Gasteiger partial charge in [0.05, 0.1) is 6.04 Å². The zero-order valence-electron chi connectivity index (χ0n) is 11.6. The third-order valence-electron chi connectivity index (χ3n) is 3.67. The lowest BCUT2D eigenvalue weighted by Crippen LogP contribution is -2.55. The van der Waals surface area contributed by atoms with E-state index in [9.17, 15) is 9.59 Å². The number of hydrogen-bond acceptors (Lipinski definition) is 3. The molecule has 0 saturated carbocycles. The van der Waals surface area contributed by atoms with Crippen molar-refractivity contribution < 1.29 is 9.59 Å². The normalized spacial score (nSPS) is 22.9. The van der Waals surface area contributed by atoms with E-state index < -0.39 is 6.04 Å². The van der Waals surface area contributed by atoms with Crippen LogP contribution < -0.4 is 16.0 Å². The van der Waals surface area contributed by atoms with Gasteiger partial charge in [0, 0.05) is 7.05 Å². The SMILES string of the molecule is CC[C@H](C)[C@H](NC(=O)[C@H]1CCCCN1)C(=O)NC. The van der Waals surface area contributed by atoms with Crippen molar-refractivity contribution in [3.63, 3.8) is 0 Å². The Balaban J connectivity index is 2.58. The Labute approximate surface area is 109 Å². The van der Waals surface area contributed by atoms with Crippen molar-refractivity contribution in [3.8, 4) is 0 Å². The molecular formula is C13H25N3O2. The van der Waals surface area contributed by atoms with Crippen molar-refractivity contribution in [2.45, 2.75) is 51.6 Å². The van der Waals surface area contributed by atoms with Crippen molar-refractivity contribution in [3.05, 3.63) is 0 Å². The maximum atomic E-state index is 12.1. The molecule has 0 aromatic carbocycles. The van der Waals surface area contributed by atoms with E-state index in [2.05, 4.69) is 16.0 Å². The molecule has 1 aliphatic heterocycles. The summed E-state index contributed by atoms with van der Waals surface area (Å²) in [4.78, 5) is 23.9. The number of carbonyl (C=O) groups excluding carboxylic acids is 2. The highest BCUT2D eigenvalue weighted by atomic mass is 16.2. The molecule has 104 valence electrons. The van der Waals surface area contributed by atoms with Crippen LogP contribution in [0.25, 0.3) is 0 Å². The lowest BCUT2D eigenvalue weighted by Gasteiger charge is -2.27. The van der Waals surface area contributed by atoms with E-state index in [-0.39, 0.29) is 23.8 Å². The smallest absolute Gasteiger partial charge is 0.242 e. The second-order valence-corrected chi connectivity index (χ2v) is 4.99. The molecular weight excluding hydrogens is 230 g/mol. The molecule has 0 aromatic heterocycles. The Kier molecular flexibility index (Phi) is 6.12. The summed E-state index contributed by atoms with van der Waals surface area (Å²) in [6.07, 6.45) is 3.90. The van der Waals surface area contributed by atoms with E-state index >= 15 is 0 Å². The molecule has 1 heterocycles. The van der Waals surface area contributed by atoms with Crippen molar-refractivity contribution in [2.75, 3.05) is 13.6 Å². The summed E-state index contributed by atoms with van der Waals surface area (Å²) in [5.41, 5.74) is 0. The van der Waals surface area contributed by atoms with Gasteiger partial charge in [0.25, 0.3) is 0 Å². The number of piperidine rings is 1. The molecule has 0 spiro atoms. The van der Waals surface area contributed by atoms with Gasteiger partial charge in [-0.25, -0.2) is 0 Å². The Morgan fingerprint density at radius 1 is 1.39 bits per heavy atom. The van der Waals surface area contributed by atoms with Crippen LogP contribution in [-0.2, 0) is 9.59 Å². The van der Waals surface area contributed by atoms with E-state index in [1.165, 1.54) is 0 Å². The monoisotopic (exact) mass is 255 g/mol. The fraction of sp³-hybridized carbons (Fsp3) is 0.846. The van der Waals surface area contributed by atoms with Crippen LogP contribution >= 0.6 is 0 Å². The average molecular weight is 255 g/mol. The number of hydrogen-bond donors (Lipinski definition) is 3. The van der Waals surface area contributed by atoms with Gasteiger partial charge in [0.2, 0.25) is 11.8 Å². The molecule has 0 aliphatic carbocycles. The van der Waals surface area contributed by atoms with E-state index in [4.69, 9.17) is 0 Å². The van der Waals surface area contributed by atoms with Crippen molar-refractivity contribution >= 4 is 11.8 Å². The minimum absolute atomic E-state index is 0.0522. The zero-order chi connectivity index (χ0) is 13.5. The molecule has 5 nitrogen and oxygen atoms in total. The van der Waals surface area contributed by atoms with E-state index in [1.807, 2.05) is 13.8 Å². The summed E-state index contributed by atoms with van der Waals surface area (Å²) in [6.45, 7) is 4.88.